The van der Waals surface area contributed by atoms with Crippen LogP contribution in [0.5, 0.6) is 0 Å². The lowest BCUT2D eigenvalue weighted by Gasteiger charge is -2.44. The van der Waals surface area contributed by atoms with Crippen molar-refractivity contribution in [3.8, 4) is 18.2 Å². The van der Waals surface area contributed by atoms with Crippen LogP contribution in [0.15, 0.2) is 22.9 Å². The fourth-order valence-electron chi connectivity index (χ4n) is 4.05. The molecule has 0 aromatic heterocycles. The zero-order chi connectivity index (χ0) is 16.3. The quantitative estimate of drug-likeness (QED) is 0.860. The number of hydrogen-bond donors (Lipinski definition) is 1. The van der Waals surface area contributed by atoms with E-state index in [1.165, 1.54) is 0 Å². The van der Waals surface area contributed by atoms with Crippen LogP contribution in [-0.4, -0.2) is 0 Å². The lowest BCUT2D eigenvalue weighted by Crippen LogP contribution is -2.44. The van der Waals surface area contributed by atoms with E-state index < -0.39 is 5.41 Å². The second-order valence-electron chi connectivity index (χ2n) is 6.34. The molecule has 22 heavy (non-hydrogen) atoms. The van der Waals surface area contributed by atoms with Crippen LogP contribution in [0.4, 0.5) is 0 Å². The maximum absolute atomic E-state index is 9.72. The molecule has 0 aromatic rings. The van der Waals surface area contributed by atoms with Gasteiger partial charge in [0.05, 0.1) is 23.4 Å². The maximum atomic E-state index is 9.72. The minimum Gasteiger partial charge on any atom is -0.399 e. The summed E-state index contributed by atoms with van der Waals surface area (Å²) < 4.78 is 0. The van der Waals surface area contributed by atoms with E-state index in [0.717, 1.165) is 37.7 Å². The SMILES string of the molecule is CCC[C@@H]1[C@@H]2C[C@@H](CC)CC=C2C(C#N)=C(N)C1(C#N)C#N. The minimum atomic E-state index is -1.36. The molecule has 0 bridgehead atoms. The molecular formula is C18H22N4. The first-order valence-corrected chi connectivity index (χ1v) is 8.02. The summed E-state index contributed by atoms with van der Waals surface area (Å²) >= 11 is 0. The van der Waals surface area contributed by atoms with Gasteiger partial charge in [0.2, 0.25) is 0 Å². The highest BCUT2D eigenvalue weighted by atomic mass is 14.7. The van der Waals surface area contributed by atoms with Gasteiger partial charge in [-0.15, -0.1) is 0 Å². The molecule has 0 fully saturated rings. The van der Waals surface area contributed by atoms with E-state index in [4.69, 9.17) is 5.73 Å². The fraction of sp³-hybridized carbons (Fsp3) is 0.611. The number of nitriles is 3. The van der Waals surface area contributed by atoms with Crippen molar-refractivity contribution in [1.29, 1.82) is 15.8 Å². The van der Waals surface area contributed by atoms with Crippen molar-refractivity contribution in [1.82, 2.24) is 0 Å². The van der Waals surface area contributed by atoms with E-state index in [9.17, 15) is 15.8 Å². The van der Waals surface area contributed by atoms with Crippen molar-refractivity contribution in [2.45, 2.75) is 46.0 Å². The summed E-state index contributed by atoms with van der Waals surface area (Å²) in [5.74, 6) is 0.535. The van der Waals surface area contributed by atoms with E-state index in [1.807, 2.05) is 0 Å². The van der Waals surface area contributed by atoms with Crippen molar-refractivity contribution in [2.75, 3.05) is 0 Å². The summed E-state index contributed by atoms with van der Waals surface area (Å²) in [6.45, 7) is 4.22. The summed E-state index contributed by atoms with van der Waals surface area (Å²) in [6, 6.07) is 6.48. The molecule has 0 saturated heterocycles. The van der Waals surface area contributed by atoms with Crippen molar-refractivity contribution >= 4 is 0 Å². The highest BCUT2D eigenvalue weighted by Crippen LogP contribution is 2.53. The van der Waals surface area contributed by atoms with Crippen LogP contribution in [0.3, 0.4) is 0 Å². The monoisotopic (exact) mass is 294 g/mol. The third kappa shape index (κ3) is 2.18. The Kier molecular flexibility index (Phi) is 4.58. The molecule has 0 heterocycles. The summed E-state index contributed by atoms with van der Waals surface area (Å²) in [5, 5.41) is 29.0. The molecule has 3 atom stereocenters. The Labute approximate surface area is 132 Å². The van der Waals surface area contributed by atoms with Gasteiger partial charge in [-0.05, 0) is 36.7 Å². The molecule has 2 N–H and O–H groups in total. The average molecular weight is 294 g/mol. The number of allylic oxidation sites excluding steroid dienone is 4. The molecule has 0 aliphatic heterocycles. The van der Waals surface area contributed by atoms with Gasteiger partial charge in [-0.3, -0.25) is 0 Å². The number of rotatable bonds is 3. The molecule has 0 radical (unpaired) electrons. The van der Waals surface area contributed by atoms with Crippen molar-refractivity contribution in [3.05, 3.63) is 22.9 Å². The molecule has 4 nitrogen and oxygen atoms in total. The minimum absolute atomic E-state index is 0.0971. The first kappa shape index (κ1) is 16.1. The van der Waals surface area contributed by atoms with Crippen LogP contribution in [0.2, 0.25) is 0 Å². The summed E-state index contributed by atoms with van der Waals surface area (Å²) in [5.41, 5.74) is 6.30. The van der Waals surface area contributed by atoms with Gasteiger partial charge in [-0.2, -0.15) is 15.8 Å². The molecule has 2 rings (SSSR count). The van der Waals surface area contributed by atoms with E-state index >= 15 is 0 Å². The van der Waals surface area contributed by atoms with Gasteiger partial charge in [0.15, 0.2) is 5.41 Å². The normalized spacial score (nSPS) is 29.6. The fourth-order valence-corrected chi connectivity index (χ4v) is 4.05. The Bertz CT molecular complexity index is 621. The maximum Gasteiger partial charge on any atom is 0.187 e. The lowest BCUT2D eigenvalue weighted by atomic mass is 9.56. The molecule has 0 saturated carbocycles. The van der Waals surface area contributed by atoms with E-state index in [1.54, 1.807) is 0 Å². The standard InChI is InChI=1S/C18H22N4/c1-3-5-16-14-8-12(4-2)6-7-13(14)15(9-19)17(22)18(16,10-20)11-21/h7,12,14,16H,3-6,8,22H2,1-2H3/t12-,14+,16+/m0/s1. The van der Waals surface area contributed by atoms with Crippen LogP contribution >= 0.6 is 0 Å². The first-order valence-electron chi connectivity index (χ1n) is 8.02. The molecule has 0 amide bonds. The Morgan fingerprint density at radius 2 is 1.95 bits per heavy atom. The summed E-state index contributed by atoms with van der Waals surface area (Å²) in [6.07, 6.45) is 6.76. The van der Waals surface area contributed by atoms with Gasteiger partial charge < -0.3 is 5.73 Å². The van der Waals surface area contributed by atoms with E-state index in [-0.39, 0.29) is 17.5 Å². The summed E-state index contributed by atoms with van der Waals surface area (Å²) in [4.78, 5) is 0. The topological polar surface area (TPSA) is 97.4 Å². The van der Waals surface area contributed by atoms with Crippen LogP contribution in [0.1, 0.15) is 46.0 Å². The number of fused-ring (bicyclic) bond motifs is 1. The highest BCUT2D eigenvalue weighted by Gasteiger charge is 2.53. The van der Waals surface area contributed by atoms with Crippen molar-refractivity contribution in [2.24, 2.45) is 28.9 Å². The van der Waals surface area contributed by atoms with Gasteiger partial charge in [0.25, 0.3) is 0 Å². The molecule has 0 spiro atoms. The Hall–Kier alpha value is -2.25. The zero-order valence-corrected chi connectivity index (χ0v) is 13.3. The van der Waals surface area contributed by atoms with Crippen LogP contribution in [0.25, 0.3) is 0 Å². The van der Waals surface area contributed by atoms with Gasteiger partial charge in [0.1, 0.15) is 6.07 Å². The molecule has 4 heteroatoms. The number of hydrogen-bond acceptors (Lipinski definition) is 4. The molecular weight excluding hydrogens is 272 g/mol. The van der Waals surface area contributed by atoms with Crippen LogP contribution in [0, 0.1) is 57.2 Å². The molecule has 2 aliphatic rings. The third-order valence-corrected chi connectivity index (χ3v) is 5.32. The smallest absolute Gasteiger partial charge is 0.187 e. The van der Waals surface area contributed by atoms with Crippen molar-refractivity contribution < 1.29 is 0 Å². The first-order chi connectivity index (χ1) is 10.6. The van der Waals surface area contributed by atoms with E-state index in [0.29, 0.717) is 11.5 Å². The van der Waals surface area contributed by atoms with Crippen LogP contribution in [-0.2, 0) is 0 Å². The van der Waals surface area contributed by atoms with Gasteiger partial charge in [0, 0.05) is 5.92 Å². The lowest BCUT2D eigenvalue weighted by molar-refractivity contribution is 0.193. The van der Waals surface area contributed by atoms with Gasteiger partial charge >= 0.3 is 0 Å². The summed E-state index contributed by atoms with van der Waals surface area (Å²) in [7, 11) is 0. The Morgan fingerprint density at radius 1 is 1.27 bits per heavy atom. The van der Waals surface area contributed by atoms with E-state index in [2.05, 4.69) is 38.1 Å². The predicted molar refractivity (Wildman–Crippen MR) is 83.5 cm³/mol. The second-order valence-corrected chi connectivity index (χ2v) is 6.34. The number of nitrogens with zero attached hydrogens (tertiary/aromatic N) is 3. The average Bonchev–Trinajstić information content (AvgIpc) is 2.56. The van der Waals surface area contributed by atoms with Gasteiger partial charge in [-0.1, -0.05) is 32.8 Å². The second kappa shape index (κ2) is 6.25. The Balaban J connectivity index is 2.67. The van der Waals surface area contributed by atoms with Gasteiger partial charge in [-0.25, -0.2) is 0 Å². The highest BCUT2D eigenvalue weighted by molar-refractivity contribution is 5.56. The molecule has 2 aliphatic carbocycles. The number of nitrogens with two attached hydrogens (primary N) is 1. The van der Waals surface area contributed by atoms with Crippen LogP contribution < -0.4 is 5.73 Å². The Morgan fingerprint density at radius 3 is 2.45 bits per heavy atom. The zero-order valence-electron chi connectivity index (χ0n) is 13.3. The predicted octanol–water partition coefficient (Wildman–Crippen LogP) is 3.55. The third-order valence-electron chi connectivity index (χ3n) is 5.32. The van der Waals surface area contributed by atoms with Crippen molar-refractivity contribution in [3.63, 3.8) is 0 Å². The largest absolute Gasteiger partial charge is 0.399 e. The molecule has 0 aromatic carbocycles. The molecule has 0 unspecified atom stereocenters. The molecule has 114 valence electrons.